The van der Waals surface area contributed by atoms with Gasteiger partial charge in [-0.15, -0.1) is 0 Å². The van der Waals surface area contributed by atoms with E-state index in [2.05, 4.69) is 42.4 Å². The molecule has 0 aromatic rings. The van der Waals surface area contributed by atoms with E-state index in [0.29, 0.717) is 12.5 Å². The van der Waals surface area contributed by atoms with Crippen LogP contribution in [0.4, 0.5) is 0 Å². The van der Waals surface area contributed by atoms with E-state index >= 15 is 0 Å². The zero-order chi connectivity index (χ0) is 36.2. The summed E-state index contributed by atoms with van der Waals surface area (Å²) in [5.74, 6) is 0.492. The van der Waals surface area contributed by atoms with Crippen molar-refractivity contribution in [3.8, 4) is 0 Å². The summed E-state index contributed by atoms with van der Waals surface area (Å²) >= 11 is 0. The van der Waals surface area contributed by atoms with Crippen LogP contribution in [0.2, 0.25) is 0 Å². The average molecular weight is 697 g/mol. The van der Waals surface area contributed by atoms with Crippen molar-refractivity contribution in [3.63, 3.8) is 0 Å². The van der Waals surface area contributed by atoms with Crippen molar-refractivity contribution >= 4 is 12.3 Å². The number of nitrogens with zero attached hydrogens (tertiary/aromatic N) is 3. The molecule has 2 unspecified atom stereocenters. The van der Waals surface area contributed by atoms with E-state index in [1.54, 1.807) is 7.11 Å². The third-order valence-corrected chi connectivity index (χ3v) is 10.0. The van der Waals surface area contributed by atoms with Crippen LogP contribution in [-0.4, -0.2) is 113 Å². The Morgan fingerprint density at radius 1 is 0.653 bits per heavy atom. The number of hydrogen-bond donors (Lipinski definition) is 1. The summed E-state index contributed by atoms with van der Waals surface area (Å²) in [5, 5.41) is 0. The molecule has 0 spiro atoms. The van der Waals surface area contributed by atoms with Crippen molar-refractivity contribution in [3.05, 3.63) is 0 Å². The number of hydrogen-bond acceptors (Lipinski definition) is 8. The monoisotopic (exact) mass is 697 g/mol. The topological polar surface area (TPSA) is 88.3 Å². The smallest absolute Gasteiger partial charge is 0.308 e. The first-order valence-corrected chi connectivity index (χ1v) is 21.0. The third kappa shape index (κ3) is 29.2. The molecule has 8 nitrogen and oxygen atoms in total. The number of esters is 1. The van der Waals surface area contributed by atoms with E-state index in [9.17, 15) is 9.59 Å². The number of piperazine rings is 1. The highest BCUT2D eigenvalue weighted by Gasteiger charge is 2.20. The number of aldehydes is 1. The van der Waals surface area contributed by atoms with Crippen molar-refractivity contribution in [2.45, 2.75) is 156 Å². The summed E-state index contributed by atoms with van der Waals surface area (Å²) in [6.07, 6.45) is 24.4. The summed E-state index contributed by atoms with van der Waals surface area (Å²) in [6.45, 7) is 21.0. The van der Waals surface area contributed by atoms with Gasteiger partial charge in [-0.2, -0.15) is 0 Å². The maximum atomic E-state index is 12.7. The fourth-order valence-electron chi connectivity index (χ4n) is 6.58. The van der Waals surface area contributed by atoms with Crippen LogP contribution >= 0.6 is 0 Å². The van der Waals surface area contributed by atoms with Gasteiger partial charge in [0.1, 0.15) is 6.29 Å². The Morgan fingerprint density at radius 2 is 1.16 bits per heavy atom. The van der Waals surface area contributed by atoms with Crippen molar-refractivity contribution in [2.24, 2.45) is 17.6 Å². The Hall–Kier alpha value is -1.06. The number of ether oxygens (including phenoxy) is 2. The molecule has 1 aliphatic heterocycles. The summed E-state index contributed by atoms with van der Waals surface area (Å²) in [6, 6.07) is 0. The second-order valence-electron chi connectivity index (χ2n) is 14.5. The highest BCUT2D eigenvalue weighted by atomic mass is 16.5. The van der Waals surface area contributed by atoms with Crippen LogP contribution in [0, 0.1) is 11.8 Å². The SMILES string of the molecule is CCCCCCC(C=O)CCCC.CCCCCCC(CCCC)C(=O)OCCCCN(CCCCOC)CCN1CCN(CCN)CC1. The lowest BCUT2D eigenvalue weighted by Crippen LogP contribution is -2.49. The lowest BCUT2D eigenvalue weighted by atomic mass is 9.95. The van der Waals surface area contributed by atoms with Crippen LogP contribution in [0.15, 0.2) is 0 Å². The molecule has 2 atom stereocenters. The Morgan fingerprint density at radius 3 is 1.71 bits per heavy atom. The van der Waals surface area contributed by atoms with Crippen LogP contribution in [0.1, 0.15) is 156 Å². The molecule has 1 saturated heterocycles. The van der Waals surface area contributed by atoms with Gasteiger partial charge in [0.25, 0.3) is 0 Å². The van der Waals surface area contributed by atoms with Crippen LogP contribution in [0.25, 0.3) is 0 Å². The summed E-state index contributed by atoms with van der Waals surface area (Å²) < 4.78 is 11.0. The fraction of sp³-hybridized carbons (Fsp3) is 0.951. The van der Waals surface area contributed by atoms with Gasteiger partial charge in [-0.3, -0.25) is 14.6 Å². The molecule has 0 aromatic heterocycles. The Kier molecular flexibility index (Phi) is 35.9. The maximum absolute atomic E-state index is 12.7. The minimum atomic E-state index is 0.0464. The van der Waals surface area contributed by atoms with Gasteiger partial charge in [0.15, 0.2) is 0 Å². The largest absolute Gasteiger partial charge is 0.465 e. The van der Waals surface area contributed by atoms with E-state index in [0.717, 1.165) is 143 Å². The third-order valence-electron chi connectivity index (χ3n) is 10.0. The maximum Gasteiger partial charge on any atom is 0.308 e. The Labute approximate surface area is 305 Å². The van der Waals surface area contributed by atoms with E-state index < -0.39 is 0 Å². The second kappa shape index (κ2) is 36.7. The summed E-state index contributed by atoms with van der Waals surface area (Å²) in [5.41, 5.74) is 5.71. The quantitative estimate of drug-likeness (QED) is 0.0416. The van der Waals surface area contributed by atoms with Gasteiger partial charge in [-0.25, -0.2) is 0 Å². The van der Waals surface area contributed by atoms with Gasteiger partial charge in [0.05, 0.1) is 12.5 Å². The standard InChI is InChI=1S/C29H60N4O3.C12H24O/c1-4-6-8-9-15-28(14-7-5-2)29(34)36-27-13-11-18-31(17-10-12-26-35-3)20-23-33-24-21-32(19-16-30)22-25-33;1-3-5-7-8-10-12(11-13)9-6-4-2/h28H,4-27,30H2,1-3H3;11-12H,3-10H2,1-2H3. The molecule has 1 rings (SSSR count). The van der Waals surface area contributed by atoms with Crippen LogP contribution < -0.4 is 5.73 Å². The summed E-state index contributed by atoms with van der Waals surface area (Å²) in [4.78, 5) is 31.0. The number of rotatable bonds is 33. The molecule has 0 bridgehead atoms. The van der Waals surface area contributed by atoms with E-state index in [1.165, 1.54) is 64.2 Å². The van der Waals surface area contributed by atoms with E-state index in [1.807, 2.05) is 0 Å². The lowest BCUT2D eigenvalue weighted by molar-refractivity contribution is -0.149. The zero-order valence-electron chi connectivity index (χ0n) is 33.4. The van der Waals surface area contributed by atoms with Gasteiger partial charge < -0.3 is 24.9 Å². The summed E-state index contributed by atoms with van der Waals surface area (Å²) in [7, 11) is 1.78. The molecule has 0 radical (unpaired) electrons. The van der Waals surface area contributed by atoms with Gasteiger partial charge in [-0.05, 0) is 64.5 Å². The normalized spacial score (nSPS) is 15.2. The number of methoxy groups -OCH3 is 1. The molecule has 1 aliphatic rings. The first kappa shape index (κ1) is 47.9. The Balaban J connectivity index is 0.00000149. The number of nitrogens with two attached hydrogens (primary N) is 1. The molecule has 0 saturated carbocycles. The van der Waals surface area contributed by atoms with E-state index in [-0.39, 0.29) is 11.9 Å². The van der Waals surface area contributed by atoms with Gasteiger partial charge >= 0.3 is 5.97 Å². The number of unbranched alkanes of at least 4 members (excludes halogenated alkanes) is 10. The van der Waals surface area contributed by atoms with E-state index in [4.69, 9.17) is 15.2 Å². The fourth-order valence-corrected chi connectivity index (χ4v) is 6.58. The van der Waals surface area contributed by atoms with Gasteiger partial charge in [0, 0.05) is 72.0 Å². The molecule has 0 aromatic carbocycles. The predicted octanol–water partition coefficient (Wildman–Crippen LogP) is 8.35. The van der Waals surface area contributed by atoms with Crippen LogP contribution in [0.3, 0.4) is 0 Å². The van der Waals surface area contributed by atoms with Crippen molar-refractivity contribution in [1.29, 1.82) is 0 Å². The molecule has 2 N–H and O–H groups in total. The second-order valence-corrected chi connectivity index (χ2v) is 14.5. The number of carbonyl (C=O) groups excluding carboxylic acids is 2. The first-order chi connectivity index (χ1) is 24.0. The average Bonchev–Trinajstić information content (AvgIpc) is 3.12. The molecule has 1 fully saturated rings. The van der Waals surface area contributed by atoms with Crippen molar-refractivity contribution in [1.82, 2.24) is 14.7 Å². The van der Waals surface area contributed by atoms with Gasteiger partial charge in [0.2, 0.25) is 0 Å². The molecule has 49 heavy (non-hydrogen) atoms. The molecule has 0 amide bonds. The molecule has 292 valence electrons. The van der Waals surface area contributed by atoms with Crippen molar-refractivity contribution in [2.75, 3.05) is 85.8 Å². The zero-order valence-corrected chi connectivity index (χ0v) is 33.4. The minimum Gasteiger partial charge on any atom is -0.465 e. The lowest BCUT2D eigenvalue weighted by Gasteiger charge is -2.35. The molecular formula is C41H84N4O4. The molecule has 1 heterocycles. The first-order valence-electron chi connectivity index (χ1n) is 21.0. The minimum absolute atomic E-state index is 0.0464. The molecular weight excluding hydrogens is 612 g/mol. The molecule has 8 heteroatoms. The van der Waals surface area contributed by atoms with Gasteiger partial charge in [-0.1, -0.05) is 105 Å². The highest BCUT2D eigenvalue weighted by Crippen LogP contribution is 2.19. The van der Waals surface area contributed by atoms with Crippen LogP contribution in [0.5, 0.6) is 0 Å². The van der Waals surface area contributed by atoms with Crippen LogP contribution in [-0.2, 0) is 19.1 Å². The predicted molar refractivity (Wildman–Crippen MR) is 209 cm³/mol. The highest BCUT2D eigenvalue weighted by molar-refractivity contribution is 5.72. The molecule has 0 aliphatic carbocycles. The Bertz CT molecular complexity index is 705. The number of carbonyl (C=O) groups is 2. The van der Waals surface area contributed by atoms with Crippen molar-refractivity contribution < 1.29 is 19.1 Å².